The Balaban J connectivity index is 1.73. The third kappa shape index (κ3) is 4.46. The van der Waals surface area contributed by atoms with Gasteiger partial charge in [-0.3, -0.25) is 4.79 Å². The molecule has 164 valence electrons. The molecule has 7 heteroatoms. The van der Waals surface area contributed by atoms with Gasteiger partial charge in [-0.05, 0) is 63.6 Å². The van der Waals surface area contributed by atoms with E-state index in [4.69, 9.17) is 4.74 Å². The number of benzene rings is 1. The van der Waals surface area contributed by atoms with E-state index in [1.165, 1.54) is 0 Å². The van der Waals surface area contributed by atoms with Crippen LogP contribution in [0.25, 0.3) is 10.9 Å². The molecule has 3 rings (SSSR count). The van der Waals surface area contributed by atoms with Crippen molar-refractivity contribution in [2.24, 2.45) is 7.05 Å². The fraction of sp³-hybridized carbons (Fsp3) is 0.565. The second-order valence-electron chi connectivity index (χ2n) is 9.06. The Bertz CT molecular complexity index is 969. The predicted molar refractivity (Wildman–Crippen MR) is 119 cm³/mol. The number of methoxy groups -OCH3 is 1. The molecule has 1 aliphatic heterocycles. The maximum atomic E-state index is 12.2. The second-order valence-corrected chi connectivity index (χ2v) is 9.06. The van der Waals surface area contributed by atoms with Crippen LogP contribution in [0, 0.1) is 0 Å². The molecule has 0 atom stereocenters. The van der Waals surface area contributed by atoms with Crippen molar-refractivity contribution in [1.29, 1.82) is 0 Å². The van der Waals surface area contributed by atoms with Gasteiger partial charge in [0.15, 0.2) is 0 Å². The Morgan fingerprint density at radius 3 is 2.40 bits per heavy atom. The van der Waals surface area contributed by atoms with Gasteiger partial charge in [-0.15, -0.1) is 0 Å². The lowest BCUT2D eigenvalue weighted by molar-refractivity contribution is 0.0424. The van der Waals surface area contributed by atoms with E-state index in [0.717, 1.165) is 61.1 Å². The largest absolute Gasteiger partial charge is 0.496 e. The zero-order valence-corrected chi connectivity index (χ0v) is 18.6. The molecule has 0 saturated carbocycles. The summed E-state index contributed by atoms with van der Waals surface area (Å²) in [6.45, 7) is 8.40. The number of hydrogen-bond donors (Lipinski definition) is 1. The fourth-order valence-electron chi connectivity index (χ4n) is 4.64. The van der Waals surface area contributed by atoms with Gasteiger partial charge in [0.1, 0.15) is 5.75 Å². The van der Waals surface area contributed by atoms with E-state index >= 15 is 0 Å². The minimum absolute atomic E-state index is 0.0336. The van der Waals surface area contributed by atoms with Gasteiger partial charge in [-0.1, -0.05) is 0 Å². The smallest absolute Gasteiger partial charge is 0.407 e. The molecule has 1 aliphatic rings. The summed E-state index contributed by atoms with van der Waals surface area (Å²) < 4.78 is 7.28. The molecule has 1 aromatic carbocycles. The molecule has 0 aliphatic carbocycles. The van der Waals surface area contributed by atoms with Gasteiger partial charge in [0.05, 0.1) is 12.6 Å². The molecule has 0 unspecified atom stereocenters. The lowest BCUT2D eigenvalue weighted by Gasteiger charge is -2.43. The standard InChI is InChI=1S/C23H33N3O4/c1-23(2,3)26(22(28)29)17-10-13-25(14-11-17)15-12-18-19(30-5)8-6-16-7-9-20(27)24(4)21(16)18/h6-9,17H,10-15H2,1-5H3,(H,28,29). The Morgan fingerprint density at radius 2 is 1.83 bits per heavy atom. The summed E-state index contributed by atoms with van der Waals surface area (Å²) >= 11 is 0. The van der Waals surface area contributed by atoms with E-state index in [1.54, 1.807) is 29.7 Å². The van der Waals surface area contributed by atoms with Gasteiger partial charge >= 0.3 is 6.09 Å². The molecular weight excluding hydrogens is 382 g/mol. The Morgan fingerprint density at radius 1 is 1.20 bits per heavy atom. The number of aromatic nitrogens is 1. The van der Waals surface area contributed by atoms with Crippen LogP contribution in [0.1, 0.15) is 39.2 Å². The molecule has 0 bridgehead atoms. The van der Waals surface area contributed by atoms with Crippen LogP contribution in [0.4, 0.5) is 4.79 Å². The average Bonchev–Trinajstić information content (AvgIpc) is 2.68. The third-order valence-electron chi connectivity index (χ3n) is 6.09. The number of amides is 1. The zero-order valence-electron chi connectivity index (χ0n) is 18.6. The number of aryl methyl sites for hydroxylation is 1. The van der Waals surface area contributed by atoms with Gasteiger partial charge in [-0.25, -0.2) is 4.79 Å². The number of rotatable bonds is 5. The summed E-state index contributed by atoms with van der Waals surface area (Å²) in [6, 6.07) is 7.44. The van der Waals surface area contributed by atoms with Crippen molar-refractivity contribution in [2.75, 3.05) is 26.7 Å². The lowest BCUT2D eigenvalue weighted by atomic mass is 9.96. The topological polar surface area (TPSA) is 75.0 Å². The van der Waals surface area contributed by atoms with Crippen molar-refractivity contribution >= 4 is 17.0 Å². The lowest BCUT2D eigenvalue weighted by Crippen LogP contribution is -2.54. The van der Waals surface area contributed by atoms with Gasteiger partial charge in [0.2, 0.25) is 0 Å². The molecule has 1 amide bonds. The molecule has 1 N–H and O–H groups in total. The summed E-state index contributed by atoms with van der Waals surface area (Å²) in [5.74, 6) is 0.795. The Hall–Kier alpha value is -2.54. The minimum Gasteiger partial charge on any atom is -0.496 e. The first-order valence-corrected chi connectivity index (χ1v) is 10.5. The molecule has 2 aromatic rings. The first-order valence-electron chi connectivity index (χ1n) is 10.5. The molecule has 7 nitrogen and oxygen atoms in total. The quantitative estimate of drug-likeness (QED) is 0.811. The summed E-state index contributed by atoms with van der Waals surface area (Å²) in [4.78, 5) is 27.9. The first kappa shape index (κ1) is 22.2. The maximum absolute atomic E-state index is 12.2. The maximum Gasteiger partial charge on any atom is 0.407 e. The molecule has 1 saturated heterocycles. The third-order valence-corrected chi connectivity index (χ3v) is 6.09. The highest BCUT2D eigenvalue weighted by atomic mass is 16.5. The van der Waals surface area contributed by atoms with Crippen LogP contribution in [-0.4, -0.2) is 63.9 Å². The predicted octanol–water partition coefficient (Wildman–Crippen LogP) is 3.33. The van der Waals surface area contributed by atoms with Crippen LogP contribution < -0.4 is 10.3 Å². The van der Waals surface area contributed by atoms with E-state index < -0.39 is 11.6 Å². The Kier molecular flexibility index (Phi) is 6.41. The highest BCUT2D eigenvalue weighted by molar-refractivity contribution is 5.84. The summed E-state index contributed by atoms with van der Waals surface area (Å²) in [6.07, 6.45) is 1.58. The van der Waals surface area contributed by atoms with Crippen molar-refractivity contribution in [3.05, 3.63) is 40.2 Å². The number of ether oxygens (including phenoxy) is 1. The van der Waals surface area contributed by atoms with Crippen LogP contribution in [-0.2, 0) is 13.5 Å². The van der Waals surface area contributed by atoms with Crippen LogP contribution in [0.15, 0.2) is 29.1 Å². The molecule has 0 radical (unpaired) electrons. The van der Waals surface area contributed by atoms with E-state index in [-0.39, 0.29) is 11.6 Å². The van der Waals surface area contributed by atoms with Gasteiger partial charge in [0, 0.05) is 49.9 Å². The fourth-order valence-corrected chi connectivity index (χ4v) is 4.64. The summed E-state index contributed by atoms with van der Waals surface area (Å²) in [5.41, 5.74) is 1.52. The monoisotopic (exact) mass is 415 g/mol. The highest BCUT2D eigenvalue weighted by Gasteiger charge is 2.35. The average molecular weight is 416 g/mol. The van der Waals surface area contributed by atoms with Gasteiger partial charge < -0.3 is 24.2 Å². The molecule has 2 heterocycles. The van der Waals surface area contributed by atoms with Crippen molar-refractivity contribution < 1.29 is 14.6 Å². The Labute approximate surface area is 177 Å². The summed E-state index contributed by atoms with van der Waals surface area (Å²) in [7, 11) is 3.45. The number of carboxylic acid groups (broad SMARTS) is 1. The second kappa shape index (κ2) is 8.68. The van der Waals surface area contributed by atoms with Crippen molar-refractivity contribution in [3.8, 4) is 5.75 Å². The van der Waals surface area contributed by atoms with E-state index in [1.807, 2.05) is 39.0 Å². The zero-order chi connectivity index (χ0) is 22.1. The van der Waals surface area contributed by atoms with E-state index in [0.29, 0.717) is 0 Å². The van der Waals surface area contributed by atoms with Crippen LogP contribution in [0.3, 0.4) is 0 Å². The van der Waals surface area contributed by atoms with E-state index in [9.17, 15) is 14.7 Å². The van der Waals surface area contributed by atoms with Crippen molar-refractivity contribution in [3.63, 3.8) is 0 Å². The van der Waals surface area contributed by atoms with Gasteiger partial charge in [0.25, 0.3) is 5.56 Å². The van der Waals surface area contributed by atoms with Crippen molar-refractivity contribution in [1.82, 2.24) is 14.4 Å². The molecule has 1 aromatic heterocycles. The number of piperidine rings is 1. The normalized spacial score (nSPS) is 16.0. The number of likely N-dealkylation sites (tertiary alicyclic amines) is 1. The number of fused-ring (bicyclic) bond motifs is 1. The first-order chi connectivity index (χ1) is 14.1. The number of hydrogen-bond acceptors (Lipinski definition) is 4. The summed E-state index contributed by atoms with van der Waals surface area (Å²) in [5, 5.41) is 10.7. The molecule has 1 fully saturated rings. The molecule has 30 heavy (non-hydrogen) atoms. The molecular formula is C23H33N3O4. The highest BCUT2D eigenvalue weighted by Crippen LogP contribution is 2.29. The van der Waals surface area contributed by atoms with Crippen LogP contribution >= 0.6 is 0 Å². The number of nitrogens with zero attached hydrogens (tertiary/aromatic N) is 3. The van der Waals surface area contributed by atoms with Crippen LogP contribution in [0.2, 0.25) is 0 Å². The minimum atomic E-state index is -0.845. The molecule has 0 spiro atoms. The van der Waals surface area contributed by atoms with Gasteiger partial charge in [-0.2, -0.15) is 0 Å². The van der Waals surface area contributed by atoms with E-state index in [2.05, 4.69) is 4.90 Å². The van der Waals surface area contributed by atoms with Crippen molar-refractivity contribution in [2.45, 2.75) is 51.6 Å². The number of carbonyl (C=O) groups is 1. The SMILES string of the molecule is COc1ccc2ccc(=O)n(C)c2c1CCN1CCC(N(C(=O)O)C(C)(C)C)CC1. The number of pyridine rings is 1. The van der Waals surface area contributed by atoms with Crippen LogP contribution in [0.5, 0.6) is 5.75 Å².